The second-order valence-corrected chi connectivity index (χ2v) is 6.41. The molecule has 0 aromatic carbocycles. The molecule has 2 unspecified atom stereocenters. The fourth-order valence-corrected chi connectivity index (χ4v) is 2.10. The maximum absolute atomic E-state index is 12.2. The van der Waals surface area contributed by atoms with Gasteiger partial charge in [-0.15, -0.1) is 6.42 Å². The summed E-state index contributed by atoms with van der Waals surface area (Å²) in [4.78, 5) is 27.9. The lowest BCUT2D eigenvalue weighted by atomic mass is 9.97. The second kappa shape index (κ2) is 8.74. The van der Waals surface area contributed by atoms with E-state index in [0.717, 1.165) is 0 Å². The van der Waals surface area contributed by atoms with E-state index in [9.17, 15) is 14.0 Å². The van der Waals surface area contributed by atoms with E-state index in [1.165, 1.54) is 10.8 Å². The third-order valence-electron chi connectivity index (χ3n) is 3.47. The van der Waals surface area contributed by atoms with Crippen LogP contribution in [-0.2, 0) is 9.53 Å². The number of aromatic nitrogens is 2. The molecule has 7 nitrogen and oxygen atoms in total. The number of nitrogens with zero attached hydrogens (tertiary/aromatic N) is 2. The van der Waals surface area contributed by atoms with Crippen LogP contribution >= 0.6 is 0 Å². The number of hydrogen-bond donors (Lipinski definition) is 1. The van der Waals surface area contributed by atoms with Crippen molar-refractivity contribution in [2.45, 2.75) is 45.9 Å². The van der Waals surface area contributed by atoms with Crippen LogP contribution in [0, 0.1) is 17.8 Å². The molecule has 0 bridgehead atoms. The van der Waals surface area contributed by atoms with Gasteiger partial charge in [0.05, 0.1) is 25.3 Å². The predicted octanol–water partition coefficient (Wildman–Crippen LogP) is 1.43. The van der Waals surface area contributed by atoms with Gasteiger partial charge in [-0.2, -0.15) is 4.98 Å². The van der Waals surface area contributed by atoms with Crippen molar-refractivity contribution < 1.29 is 23.8 Å². The average Bonchev–Trinajstić information content (AvgIpc) is 3.05. The Morgan fingerprint density at radius 1 is 1.52 bits per heavy atom. The van der Waals surface area contributed by atoms with Crippen LogP contribution in [0.1, 0.15) is 45.4 Å². The molecule has 2 rings (SSSR count). The molecule has 1 aliphatic rings. The fraction of sp³-hybridized carbons (Fsp3) is 0.588. The zero-order chi connectivity index (χ0) is 19.2. The third kappa shape index (κ3) is 5.11. The second-order valence-electron chi connectivity index (χ2n) is 6.41. The third-order valence-corrected chi connectivity index (χ3v) is 3.47. The van der Waals surface area contributed by atoms with Gasteiger partial charge < -0.3 is 14.6 Å². The molecule has 8 heteroatoms. The summed E-state index contributed by atoms with van der Waals surface area (Å²) in [5, 5.41) is 9.10. The normalized spacial score (nSPS) is 19.6. The molecule has 0 radical (unpaired) electrons. The number of carbonyl (C=O) groups excluding carboxylic acids is 1. The largest absolute Gasteiger partial charge is 0.405 e. The van der Waals surface area contributed by atoms with Crippen molar-refractivity contribution in [3.05, 3.63) is 22.2 Å². The molecular weight excluding hydrogens is 331 g/mol. The molecule has 2 heterocycles. The van der Waals surface area contributed by atoms with Gasteiger partial charge in [0, 0.05) is 6.20 Å². The number of ether oxygens (including phenoxy) is 2. The number of aliphatic hydroxyl groups excluding tert-OH is 1. The number of esters is 1. The fourth-order valence-electron chi connectivity index (χ4n) is 2.10. The minimum absolute atomic E-state index is 0.109. The van der Waals surface area contributed by atoms with Crippen LogP contribution in [0.2, 0.25) is 0 Å². The lowest BCUT2D eigenvalue weighted by molar-refractivity contribution is -0.143. The summed E-state index contributed by atoms with van der Waals surface area (Å²) < 4.78 is 21.5. The summed E-state index contributed by atoms with van der Waals surface area (Å²) >= 11 is 0. The van der Waals surface area contributed by atoms with E-state index in [-0.39, 0.29) is 24.2 Å². The Labute approximate surface area is 145 Å². The molecule has 1 saturated heterocycles. The molecule has 1 aromatic heterocycles. The first-order valence-electron chi connectivity index (χ1n) is 7.72. The topological polar surface area (TPSA) is 90.7 Å². The van der Waals surface area contributed by atoms with Crippen molar-refractivity contribution in [3.8, 4) is 18.2 Å². The lowest BCUT2D eigenvalue weighted by Crippen LogP contribution is -2.31. The Balaban J connectivity index is 0.00000151. The summed E-state index contributed by atoms with van der Waals surface area (Å²) in [6.45, 7) is 4.95. The van der Waals surface area contributed by atoms with Crippen molar-refractivity contribution in [2.75, 3.05) is 13.8 Å². The molecule has 138 valence electrons. The van der Waals surface area contributed by atoms with Gasteiger partial charge in [-0.3, -0.25) is 13.8 Å². The van der Waals surface area contributed by atoms with Gasteiger partial charge in [-0.25, -0.2) is 4.79 Å². The molecule has 2 atom stereocenters. The van der Waals surface area contributed by atoms with Gasteiger partial charge in [-0.05, 0) is 33.6 Å². The van der Waals surface area contributed by atoms with E-state index < -0.39 is 23.3 Å². The Bertz CT molecular complexity index is 702. The highest BCUT2D eigenvalue weighted by molar-refractivity contribution is 5.78. The van der Waals surface area contributed by atoms with Crippen LogP contribution < -0.4 is 10.4 Å². The number of carbonyl (C=O) groups is 1. The molecule has 25 heavy (non-hydrogen) atoms. The van der Waals surface area contributed by atoms with Crippen molar-refractivity contribution in [1.82, 2.24) is 9.55 Å². The van der Waals surface area contributed by atoms with Crippen LogP contribution in [0.25, 0.3) is 0 Å². The Morgan fingerprint density at radius 2 is 2.16 bits per heavy atom. The van der Waals surface area contributed by atoms with Crippen LogP contribution in [0.15, 0.2) is 11.0 Å². The molecule has 0 aliphatic carbocycles. The molecule has 0 spiro atoms. The Kier molecular flexibility index (Phi) is 7.27. The molecule has 1 aliphatic heterocycles. The number of terminal acetylenes is 1. The zero-order valence-corrected chi connectivity index (χ0v) is 14.8. The number of alkyl halides is 1. The summed E-state index contributed by atoms with van der Waals surface area (Å²) in [5.74, 6) is 1.66. The first-order valence-corrected chi connectivity index (χ1v) is 7.72. The summed E-state index contributed by atoms with van der Waals surface area (Å²) in [7, 11) is 0.500. The molecule has 0 amide bonds. The van der Waals surface area contributed by atoms with Gasteiger partial charge in [0.15, 0.2) is 0 Å². The molecule has 1 aromatic rings. The standard InChI is InChI=1S/C16H20N2O5.CH3F/c1-5-10-8-18(12-7-6-11(9-19)22-12)15(21)17-13(10)23-14(20)16(2,3)4;1-2/h1,8,11-12,19H,6-7,9H2,2-4H3;1H3. The molecular formula is C17H23FN2O5. The highest BCUT2D eigenvalue weighted by atomic mass is 19.1. The van der Waals surface area contributed by atoms with Crippen LogP contribution in [-0.4, -0.2) is 40.5 Å². The smallest absolute Gasteiger partial charge is 0.353 e. The van der Waals surface area contributed by atoms with Crippen molar-refractivity contribution in [3.63, 3.8) is 0 Å². The van der Waals surface area contributed by atoms with Crippen LogP contribution in [0.5, 0.6) is 5.88 Å². The first-order chi connectivity index (χ1) is 11.8. The monoisotopic (exact) mass is 354 g/mol. The number of aliphatic hydroxyl groups is 1. The minimum atomic E-state index is -0.745. The van der Waals surface area contributed by atoms with E-state index in [1.54, 1.807) is 20.8 Å². The number of rotatable bonds is 3. The Morgan fingerprint density at radius 3 is 2.64 bits per heavy atom. The number of hydrogen-bond acceptors (Lipinski definition) is 6. The van der Waals surface area contributed by atoms with Crippen LogP contribution in [0.3, 0.4) is 0 Å². The SMILES string of the molecule is C#Cc1cn(C2CCC(CO)O2)c(=O)nc1OC(=O)C(C)(C)C.CF. The quantitative estimate of drug-likeness (QED) is 0.652. The average molecular weight is 354 g/mol. The predicted molar refractivity (Wildman–Crippen MR) is 88.8 cm³/mol. The van der Waals surface area contributed by atoms with Crippen molar-refractivity contribution >= 4 is 5.97 Å². The van der Waals surface area contributed by atoms with E-state index in [4.69, 9.17) is 21.0 Å². The number of halogens is 1. The highest BCUT2D eigenvalue weighted by Gasteiger charge is 2.29. The van der Waals surface area contributed by atoms with E-state index in [2.05, 4.69) is 10.9 Å². The van der Waals surface area contributed by atoms with Gasteiger partial charge in [0.25, 0.3) is 0 Å². The Hall–Kier alpha value is -2.24. The van der Waals surface area contributed by atoms with Gasteiger partial charge in [0.2, 0.25) is 5.88 Å². The van der Waals surface area contributed by atoms with Gasteiger partial charge in [-0.1, -0.05) is 5.92 Å². The van der Waals surface area contributed by atoms with E-state index >= 15 is 0 Å². The van der Waals surface area contributed by atoms with Gasteiger partial charge in [0.1, 0.15) is 11.8 Å². The van der Waals surface area contributed by atoms with Gasteiger partial charge >= 0.3 is 11.7 Å². The zero-order valence-electron chi connectivity index (χ0n) is 14.8. The van der Waals surface area contributed by atoms with Crippen LogP contribution in [0.4, 0.5) is 4.39 Å². The van der Waals surface area contributed by atoms with Crippen molar-refractivity contribution in [1.29, 1.82) is 0 Å². The van der Waals surface area contributed by atoms with Crippen molar-refractivity contribution in [2.24, 2.45) is 5.41 Å². The molecule has 0 saturated carbocycles. The maximum Gasteiger partial charge on any atom is 0.353 e. The van der Waals surface area contributed by atoms with E-state index in [1.807, 2.05) is 0 Å². The minimum Gasteiger partial charge on any atom is -0.405 e. The molecule has 1 fully saturated rings. The first kappa shape index (κ1) is 20.8. The highest BCUT2D eigenvalue weighted by Crippen LogP contribution is 2.28. The van der Waals surface area contributed by atoms with E-state index in [0.29, 0.717) is 20.0 Å². The summed E-state index contributed by atoms with van der Waals surface area (Å²) in [6, 6.07) is 0. The summed E-state index contributed by atoms with van der Waals surface area (Å²) in [5.41, 5.74) is -1.17. The maximum atomic E-state index is 12.2. The lowest BCUT2D eigenvalue weighted by Gasteiger charge is -2.18. The summed E-state index contributed by atoms with van der Waals surface area (Å²) in [6.07, 6.45) is 7.19. The molecule has 1 N–H and O–H groups in total.